The highest BCUT2D eigenvalue weighted by Gasteiger charge is 2.14. The largest absolute Gasteiger partial charge is 0.364 e. The molecule has 0 atom stereocenters. The molecule has 0 unspecified atom stereocenters. The monoisotopic (exact) mass is 240 g/mol. The quantitative estimate of drug-likeness (QED) is 0.865. The number of anilines is 1. The van der Waals surface area contributed by atoms with Crippen molar-refractivity contribution in [3.8, 4) is 0 Å². The second-order valence-corrected chi connectivity index (χ2v) is 4.42. The molecule has 0 bridgehead atoms. The molecule has 4 heteroatoms. The molecule has 3 rings (SSSR count). The van der Waals surface area contributed by atoms with Gasteiger partial charge < -0.3 is 10.2 Å². The lowest BCUT2D eigenvalue weighted by Gasteiger charge is -2.23. The summed E-state index contributed by atoms with van der Waals surface area (Å²) in [5.41, 5.74) is 3.65. The number of hydrogen-bond donors (Lipinski definition) is 1. The van der Waals surface area contributed by atoms with E-state index in [0.717, 1.165) is 31.9 Å². The Morgan fingerprint density at radius 3 is 3.06 bits per heavy atom. The van der Waals surface area contributed by atoms with E-state index in [9.17, 15) is 0 Å². The average molecular weight is 240 g/mol. The van der Waals surface area contributed by atoms with Crippen molar-refractivity contribution in [1.29, 1.82) is 0 Å². The maximum Gasteiger partial charge on any atom is 0.0779 e. The van der Waals surface area contributed by atoms with Gasteiger partial charge in [-0.3, -0.25) is 9.97 Å². The zero-order chi connectivity index (χ0) is 12.2. The van der Waals surface area contributed by atoms with Crippen molar-refractivity contribution in [2.45, 2.75) is 13.1 Å². The molecule has 0 spiro atoms. The summed E-state index contributed by atoms with van der Waals surface area (Å²) >= 11 is 0. The first-order valence-electron chi connectivity index (χ1n) is 6.22. The highest BCUT2D eigenvalue weighted by atomic mass is 15.2. The Hall–Kier alpha value is -1.94. The molecule has 18 heavy (non-hydrogen) atoms. The van der Waals surface area contributed by atoms with Crippen LogP contribution in [-0.2, 0) is 13.1 Å². The minimum atomic E-state index is 0.812. The van der Waals surface area contributed by atoms with E-state index in [-0.39, 0.29) is 0 Å². The third kappa shape index (κ3) is 2.33. The minimum Gasteiger partial charge on any atom is -0.364 e. The van der Waals surface area contributed by atoms with Crippen LogP contribution < -0.4 is 10.2 Å². The van der Waals surface area contributed by atoms with E-state index in [1.165, 1.54) is 11.3 Å². The smallest absolute Gasteiger partial charge is 0.0779 e. The van der Waals surface area contributed by atoms with Gasteiger partial charge >= 0.3 is 0 Å². The van der Waals surface area contributed by atoms with Crippen LogP contribution in [0.15, 0.2) is 42.9 Å². The van der Waals surface area contributed by atoms with E-state index in [1.807, 2.05) is 6.20 Å². The van der Waals surface area contributed by atoms with Gasteiger partial charge in [-0.15, -0.1) is 0 Å². The Bertz CT molecular complexity index is 512. The van der Waals surface area contributed by atoms with Crippen LogP contribution in [0.25, 0.3) is 0 Å². The van der Waals surface area contributed by atoms with E-state index in [0.29, 0.717) is 0 Å². The number of rotatable bonds is 2. The Morgan fingerprint density at radius 2 is 2.17 bits per heavy atom. The third-order valence-electron chi connectivity index (χ3n) is 3.18. The van der Waals surface area contributed by atoms with Crippen molar-refractivity contribution in [2.75, 3.05) is 18.0 Å². The maximum absolute atomic E-state index is 4.35. The summed E-state index contributed by atoms with van der Waals surface area (Å²) < 4.78 is 0. The molecule has 0 saturated carbocycles. The maximum atomic E-state index is 4.35. The summed E-state index contributed by atoms with van der Waals surface area (Å²) in [6, 6.07) is 8.54. The van der Waals surface area contributed by atoms with Crippen molar-refractivity contribution < 1.29 is 0 Å². The predicted octanol–water partition coefficient (Wildman–Crippen LogP) is 1.59. The van der Waals surface area contributed by atoms with Gasteiger partial charge in [0.15, 0.2) is 0 Å². The van der Waals surface area contributed by atoms with Gasteiger partial charge in [0, 0.05) is 37.7 Å². The van der Waals surface area contributed by atoms with Crippen molar-refractivity contribution >= 4 is 5.69 Å². The summed E-state index contributed by atoms with van der Waals surface area (Å²) in [5, 5.41) is 3.44. The molecule has 2 aromatic rings. The zero-order valence-corrected chi connectivity index (χ0v) is 10.2. The summed E-state index contributed by atoms with van der Waals surface area (Å²) in [6.07, 6.45) is 5.29. The summed E-state index contributed by atoms with van der Waals surface area (Å²) in [4.78, 5) is 10.8. The molecule has 0 saturated heterocycles. The molecule has 92 valence electrons. The van der Waals surface area contributed by atoms with Crippen LogP contribution in [0.1, 0.15) is 11.3 Å². The third-order valence-corrected chi connectivity index (χ3v) is 3.18. The molecule has 0 aliphatic carbocycles. The summed E-state index contributed by atoms with van der Waals surface area (Å²) in [5.74, 6) is 0. The Morgan fingerprint density at radius 1 is 1.22 bits per heavy atom. The van der Waals surface area contributed by atoms with Crippen LogP contribution in [0.2, 0.25) is 0 Å². The van der Waals surface area contributed by atoms with Gasteiger partial charge in [-0.1, -0.05) is 18.2 Å². The van der Waals surface area contributed by atoms with Gasteiger partial charge in [0.1, 0.15) is 0 Å². The van der Waals surface area contributed by atoms with E-state index in [4.69, 9.17) is 0 Å². The van der Waals surface area contributed by atoms with Gasteiger partial charge in [0.2, 0.25) is 0 Å². The fourth-order valence-electron chi connectivity index (χ4n) is 2.30. The Labute approximate surface area is 107 Å². The van der Waals surface area contributed by atoms with E-state index >= 15 is 0 Å². The molecule has 1 aliphatic heterocycles. The molecule has 0 fully saturated rings. The number of nitrogens with one attached hydrogen (secondary N) is 1. The van der Waals surface area contributed by atoms with Gasteiger partial charge in [-0.25, -0.2) is 0 Å². The molecule has 1 aromatic heterocycles. The normalized spacial score (nSPS) is 15.0. The first-order valence-corrected chi connectivity index (χ1v) is 6.22. The van der Waals surface area contributed by atoms with Crippen LogP contribution in [0.5, 0.6) is 0 Å². The van der Waals surface area contributed by atoms with Gasteiger partial charge in [-0.2, -0.15) is 0 Å². The van der Waals surface area contributed by atoms with Crippen molar-refractivity contribution in [3.63, 3.8) is 0 Å². The molecule has 1 N–H and O–H groups in total. The van der Waals surface area contributed by atoms with Crippen LogP contribution in [-0.4, -0.2) is 23.1 Å². The highest BCUT2D eigenvalue weighted by Crippen LogP contribution is 2.23. The first-order chi connectivity index (χ1) is 8.93. The average Bonchev–Trinajstić information content (AvgIpc) is 2.63. The number of fused-ring (bicyclic) bond motifs is 1. The molecule has 4 nitrogen and oxygen atoms in total. The Kier molecular flexibility index (Phi) is 3.19. The molecule has 0 amide bonds. The number of aromatic nitrogens is 2. The number of benzene rings is 1. The Balaban J connectivity index is 1.88. The highest BCUT2D eigenvalue weighted by molar-refractivity contribution is 5.54. The van der Waals surface area contributed by atoms with Crippen LogP contribution >= 0.6 is 0 Å². The SMILES string of the molecule is c1ccc2c(c1)CNCCN2Cc1cnccn1. The lowest BCUT2D eigenvalue weighted by Crippen LogP contribution is -2.28. The zero-order valence-electron chi connectivity index (χ0n) is 10.2. The van der Waals surface area contributed by atoms with Gasteiger partial charge in [0.25, 0.3) is 0 Å². The minimum absolute atomic E-state index is 0.812. The lowest BCUT2D eigenvalue weighted by molar-refractivity contribution is 0.684. The summed E-state index contributed by atoms with van der Waals surface area (Å²) in [6.45, 7) is 3.74. The van der Waals surface area contributed by atoms with Crippen molar-refractivity contribution in [3.05, 3.63) is 54.1 Å². The van der Waals surface area contributed by atoms with E-state index < -0.39 is 0 Å². The van der Waals surface area contributed by atoms with E-state index in [2.05, 4.69) is 44.5 Å². The standard InChI is InChI=1S/C14H16N4/c1-2-4-14-12(3-1)9-16-7-8-18(14)11-13-10-15-5-6-17-13/h1-6,10,16H,7-9,11H2. The van der Waals surface area contributed by atoms with Crippen molar-refractivity contribution in [1.82, 2.24) is 15.3 Å². The topological polar surface area (TPSA) is 41.0 Å². The first kappa shape index (κ1) is 11.2. The van der Waals surface area contributed by atoms with Crippen LogP contribution in [0.3, 0.4) is 0 Å². The van der Waals surface area contributed by atoms with Crippen LogP contribution in [0, 0.1) is 0 Å². The molecule has 2 heterocycles. The molecule has 1 aliphatic rings. The molecular formula is C14H16N4. The lowest BCUT2D eigenvalue weighted by atomic mass is 10.1. The fourth-order valence-corrected chi connectivity index (χ4v) is 2.30. The number of nitrogens with zero attached hydrogens (tertiary/aromatic N) is 3. The van der Waals surface area contributed by atoms with E-state index in [1.54, 1.807) is 12.4 Å². The molecule has 0 radical (unpaired) electrons. The number of para-hydroxylation sites is 1. The van der Waals surface area contributed by atoms with Crippen molar-refractivity contribution in [2.24, 2.45) is 0 Å². The second kappa shape index (κ2) is 5.14. The molecular weight excluding hydrogens is 224 g/mol. The van der Waals surface area contributed by atoms with Crippen LogP contribution in [0.4, 0.5) is 5.69 Å². The number of hydrogen-bond acceptors (Lipinski definition) is 4. The molecule has 1 aromatic carbocycles. The van der Waals surface area contributed by atoms with Gasteiger partial charge in [-0.05, 0) is 11.6 Å². The predicted molar refractivity (Wildman–Crippen MR) is 71.2 cm³/mol. The summed E-state index contributed by atoms with van der Waals surface area (Å²) in [7, 11) is 0. The second-order valence-electron chi connectivity index (χ2n) is 4.42. The fraction of sp³-hybridized carbons (Fsp3) is 0.286. The van der Waals surface area contributed by atoms with Gasteiger partial charge in [0.05, 0.1) is 18.4 Å².